The van der Waals surface area contributed by atoms with Gasteiger partial charge in [-0.15, -0.1) is 5.10 Å². The first-order valence-electron chi connectivity index (χ1n) is 16.0. The first-order valence-corrected chi connectivity index (χ1v) is 16.0. The summed E-state index contributed by atoms with van der Waals surface area (Å²) in [6, 6.07) is 10.8. The second-order valence-electron chi connectivity index (χ2n) is 12.2. The number of methoxy groups -OCH3 is 1. The monoisotopic (exact) mass is 675 g/mol. The molecule has 2 aromatic heterocycles. The van der Waals surface area contributed by atoms with Crippen LogP contribution in [-0.2, 0) is 32.0 Å². The van der Waals surface area contributed by atoms with Crippen molar-refractivity contribution < 1.29 is 38.5 Å². The predicted molar refractivity (Wildman–Crippen MR) is 179 cm³/mol. The topological polar surface area (TPSA) is 217 Å². The van der Waals surface area contributed by atoms with Gasteiger partial charge in [0.2, 0.25) is 11.8 Å². The van der Waals surface area contributed by atoms with Gasteiger partial charge in [-0.05, 0) is 61.1 Å². The lowest BCUT2D eigenvalue weighted by Gasteiger charge is -2.26. The van der Waals surface area contributed by atoms with E-state index >= 15 is 0 Å². The molecule has 1 aliphatic rings. The molecular weight excluding hydrogens is 634 g/mol. The van der Waals surface area contributed by atoms with Gasteiger partial charge in [0.25, 0.3) is 0 Å². The summed E-state index contributed by atoms with van der Waals surface area (Å²) in [5, 5.41) is 30.0. The summed E-state index contributed by atoms with van der Waals surface area (Å²) in [7, 11) is 1.59. The average Bonchev–Trinajstić information content (AvgIpc) is 3.55. The second kappa shape index (κ2) is 16.5. The molecular formula is C35H41N5O9. The highest BCUT2D eigenvalue weighted by Crippen LogP contribution is 2.35. The van der Waals surface area contributed by atoms with Crippen LogP contribution in [0.1, 0.15) is 79.8 Å². The molecule has 0 bridgehead atoms. The van der Waals surface area contributed by atoms with Crippen molar-refractivity contribution in [1.82, 2.24) is 15.0 Å². The van der Waals surface area contributed by atoms with E-state index in [2.05, 4.69) is 22.6 Å². The van der Waals surface area contributed by atoms with E-state index in [4.69, 9.17) is 20.0 Å². The summed E-state index contributed by atoms with van der Waals surface area (Å²) in [5.41, 5.74) is 6.89. The van der Waals surface area contributed by atoms with Gasteiger partial charge in [0, 0.05) is 29.3 Å². The second-order valence-corrected chi connectivity index (χ2v) is 12.2. The molecule has 2 heterocycles. The van der Waals surface area contributed by atoms with E-state index in [1.54, 1.807) is 38.4 Å². The zero-order valence-electron chi connectivity index (χ0n) is 27.7. The highest BCUT2D eigenvalue weighted by molar-refractivity contribution is 5.97. The van der Waals surface area contributed by atoms with Gasteiger partial charge in [0.15, 0.2) is 0 Å². The Labute approximate surface area is 282 Å². The van der Waals surface area contributed by atoms with Crippen LogP contribution in [0.2, 0.25) is 0 Å². The molecule has 2 amide bonds. The van der Waals surface area contributed by atoms with Crippen LogP contribution in [0.5, 0.6) is 5.75 Å². The normalized spacial score (nSPS) is 14.3. The van der Waals surface area contributed by atoms with Crippen molar-refractivity contribution in [2.24, 2.45) is 11.7 Å². The number of anilines is 1. The Bertz CT molecular complexity index is 1880. The summed E-state index contributed by atoms with van der Waals surface area (Å²) in [4.78, 5) is 58.6. The standard InChI is InChI=1S/C26H30N4O7.C9H11NO2/c1-14(16-6-4-3-5-7-16)20-13-30(29-28-20)21(12-24(33)34)25(35)27-17-8-9-18-15(2)19(11-23(31)32)26(36)37-22(18)10-17;1-12-8-4-2-3-7(5-8)6-9(10)11/h8-10,13-14,16,21H,3-7,11-12H2,1-2H3,(H,27,35)(H,31,32)(H,33,34);2-5H,6H2,1H3,(H2,10,11). The Morgan fingerprint density at radius 3 is 2.45 bits per heavy atom. The number of amides is 2. The van der Waals surface area contributed by atoms with Crippen molar-refractivity contribution in [3.63, 3.8) is 0 Å². The highest BCUT2D eigenvalue weighted by Gasteiger charge is 2.28. The minimum atomic E-state index is -1.16. The highest BCUT2D eigenvalue weighted by atomic mass is 16.5. The molecule has 0 saturated heterocycles. The van der Waals surface area contributed by atoms with Crippen LogP contribution in [0.3, 0.4) is 0 Å². The molecule has 2 atom stereocenters. The first kappa shape index (κ1) is 36.3. The molecule has 2 unspecified atom stereocenters. The number of carboxylic acids is 2. The third-order valence-electron chi connectivity index (χ3n) is 8.74. The van der Waals surface area contributed by atoms with Crippen LogP contribution in [0.15, 0.2) is 57.9 Å². The summed E-state index contributed by atoms with van der Waals surface area (Å²) < 4.78 is 11.6. The number of carboxylic acid groups (broad SMARTS) is 2. The first-order chi connectivity index (χ1) is 23.4. The Hall–Kier alpha value is -5.53. The molecule has 260 valence electrons. The number of aryl methyl sites for hydroxylation is 1. The van der Waals surface area contributed by atoms with E-state index in [9.17, 15) is 29.1 Å². The number of fused-ring (bicyclic) bond motifs is 1. The molecule has 14 heteroatoms. The van der Waals surface area contributed by atoms with Crippen molar-refractivity contribution in [2.75, 3.05) is 12.4 Å². The molecule has 0 spiro atoms. The number of nitrogens with zero attached hydrogens (tertiary/aromatic N) is 3. The Kier molecular flexibility index (Phi) is 12.2. The van der Waals surface area contributed by atoms with Gasteiger partial charge in [-0.2, -0.15) is 0 Å². The summed E-state index contributed by atoms with van der Waals surface area (Å²) in [5.74, 6) is -1.86. The molecule has 49 heavy (non-hydrogen) atoms. The van der Waals surface area contributed by atoms with Crippen LogP contribution in [-0.4, -0.2) is 56.1 Å². The number of carbonyl (C=O) groups is 4. The molecule has 0 aliphatic heterocycles. The number of carbonyl (C=O) groups excluding carboxylic acids is 2. The minimum absolute atomic E-state index is 0.0581. The summed E-state index contributed by atoms with van der Waals surface area (Å²) in [6.45, 7) is 3.72. The predicted octanol–water partition coefficient (Wildman–Crippen LogP) is 4.38. The average molecular weight is 676 g/mol. The molecule has 1 fully saturated rings. The Morgan fingerprint density at radius 1 is 1.06 bits per heavy atom. The van der Waals surface area contributed by atoms with Gasteiger partial charge in [-0.3, -0.25) is 19.2 Å². The largest absolute Gasteiger partial charge is 0.497 e. The van der Waals surface area contributed by atoms with Crippen LogP contribution >= 0.6 is 0 Å². The van der Waals surface area contributed by atoms with Crippen molar-refractivity contribution in [1.29, 1.82) is 0 Å². The van der Waals surface area contributed by atoms with Crippen LogP contribution in [0.4, 0.5) is 5.69 Å². The third kappa shape index (κ3) is 9.75. The van der Waals surface area contributed by atoms with Gasteiger partial charge < -0.3 is 30.4 Å². The summed E-state index contributed by atoms with van der Waals surface area (Å²) >= 11 is 0. The zero-order chi connectivity index (χ0) is 35.7. The fourth-order valence-electron chi connectivity index (χ4n) is 6.04. The van der Waals surface area contributed by atoms with Gasteiger partial charge in [-0.1, -0.05) is 43.5 Å². The number of hydrogen-bond donors (Lipinski definition) is 4. The number of nitrogens with two attached hydrogens (primary N) is 1. The van der Waals surface area contributed by atoms with Crippen molar-refractivity contribution in [2.45, 2.75) is 77.2 Å². The number of ether oxygens (including phenoxy) is 1. The number of hydrogen-bond acceptors (Lipinski definition) is 9. The van der Waals surface area contributed by atoms with E-state index in [0.717, 1.165) is 29.8 Å². The van der Waals surface area contributed by atoms with Crippen molar-refractivity contribution >= 4 is 40.4 Å². The lowest BCUT2D eigenvalue weighted by molar-refractivity contribution is -0.140. The van der Waals surface area contributed by atoms with Crippen LogP contribution in [0.25, 0.3) is 11.0 Å². The van der Waals surface area contributed by atoms with Crippen molar-refractivity contribution in [3.05, 3.63) is 81.5 Å². The maximum Gasteiger partial charge on any atom is 0.340 e. The number of aliphatic carboxylic acids is 2. The molecule has 14 nitrogen and oxygen atoms in total. The zero-order valence-corrected chi connectivity index (χ0v) is 27.7. The van der Waals surface area contributed by atoms with Gasteiger partial charge in [-0.25, -0.2) is 9.48 Å². The lowest BCUT2D eigenvalue weighted by atomic mass is 9.80. The van der Waals surface area contributed by atoms with Crippen molar-refractivity contribution in [3.8, 4) is 5.75 Å². The van der Waals surface area contributed by atoms with E-state index in [-0.39, 0.29) is 35.1 Å². The fraction of sp³-hybridized carbons (Fsp3) is 0.400. The minimum Gasteiger partial charge on any atom is -0.497 e. The van der Waals surface area contributed by atoms with Gasteiger partial charge in [0.1, 0.15) is 17.4 Å². The SMILES string of the molecule is COc1cccc(CC(N)=O)c1.Cc1c(CC(=O)O)c(=O)oc2cc(NC(=O)C(CC(=O)O)n3cc(C(C)C4CCCCC4)nn3)ccc12. The smallest absolute Gasteiger partial charge is 0.340 e. The molecule has 4 aromatic rings. The number of aromatic nitrogens is 3. The number of rotatable bonds is 12. The number of benzene rings is 2. The molecule has 5 rings (SSSR count). The molecule has 1 aliphatic carbocycles. The third-order valence-corrected chi connectivity index (χ3v) is 8.74. The number of primary amides is 1. The Balaban J connectivity index is 0.000000380. The van der Waals surface area contributed by atoms with E-state index in [1.807, 2.05) is 18.2 Å². The quantitative estimate of drug-likeness (QED) is 0.154. The lowest BCUT2D eigenvalue weighted by Crippen LogP contribution is -2.28. The molecule has 5 N–H and O–H groups in total. The number of nitrogens with one attached hydrogen (secondary N) is 1. The van der Waals surface area contributed by atoms with Crippen LogP contribution < -0.4 is 21.4 Å². The van der Waals surface area contributed by atoms with E-state index in [0.29, 0.717) is 16.9 Å². The maximum atomic E-state index is 13.2. The van der Waals surface area contributed by atoms with Gasteiger partial charge >= 0.3 is 17.6 Å². The van der Waals surface area contributed by atoms with Crippen LogP contribution in [0, 0.1) is 12.8 Å². The molecule has 0 radical (unpaired) electrons. The molecule has 2 aromatic carbocycles. The Morgan fingerprint density at radius 2 is 1.80 bits per heavy atom. The molecule has 1 saturated carbocycles. The fourth-order valence-corrected chi connectivity index (χ4v) is 6.04. The maximum absolute atomic E-state index is 13.2. The van der Waals surface area contributed by atoms with E-state index < -0.39 is 42.4 Å². The van der Waals surface area contributed by atoms with E-state index in [1.165, 1.54) is 30.0 Å². The summed E-state index contributed by atoms with van der Waals surface area (Å²) in [6.07, 6.45) is 6.78. The van der Waals surface area contributed by atoms with Gasteiger partial charge in [0.05, 0.1) is 37.6 Å².